The van der Waals surface area contributed by atoms with Gasteiger partial charge in [-0.1, -0.05) is 24.9 Å². The van der Waals surface area contributed by atoms with Crippen molar-refractivity contribution in [3.05, 3.63) is 48.5 Å². The average molecular weight is 553 g/mol. The Morgan fingerprint density at radius 1 is 1.05 bits per heavy atom. The number of hydrogen-bond acceptors (Lipinski definition) is 10. The first-order chi connectivity index (χ1) is 19.2. The Morgan fingerprint density at radius 2 is 1.87 bits per heavy atom. The third-order valence-corrected chi connectivity index (χ3v) is 6.97. The minimum Gasteiger partial charge on any atom is -0.378 e. The number of ether oxygens (including phenoxy) is 1. The minimum atomic E-state index is -0.420. The molecule has 0 bridgehead atoms. The van der Waals surface area contributed by atoms with Crippen molar-refractivity contribution in [2.45, 2.75) is 19.8 Å². The highest BCUT2D eigenvalue weighted by Gasteiger charge is 2.21. The van der Waals surface area contributed by atoms with E-state index in [1.807, 2.05) is 6.07 Å². The quantitative estimate of drug-likeness (QED) is 0.187. The standard InChI is InChI=1S/C27H30F2N8OS/c1-2-10-30-27-31-16-18(17-32-27)25-34-22-8-7-20(33-24(22)26(35-25)37-11-13-38-14-12-37)19-5-3-6-21(23(19)29)36-39-15-4-9-28/h3,5-8,16-17,36H,2,4,9-15H2,1H3,(H,30,31,32). The van der Waals surface area contributed by atoms with Gasteiger partial charge in [-0.05, 0) is 37.1 Å². The molecule has 0 spiro atoms. The number of alkyl halides is 1. The molecule has 0 aliphatic carbocycles. The van der Waals surface area contributed by atoms with Crippen LogP contribution in [0.5, 0.6) is 0 Å². The van der Waals surface area contributed by atoms with Crippen LogP contribution in [0.15, 0.2) is 42.7 Å². The van der Waals surface area contributed by atoms with Gasteiger partial charge in [-0.2, -0.15) is 0 Å². The molecule has 12 heteroatoms. The summed E-state index contributed by atoms with van der Waals surface area (Å²) in [6.45, 7) is 4.92. The fourth-order valence-corrected chi connectivity index (χ4v) is 4.78. The molecule has 1 fully saturated rings. The van der Waals surface area contributed by atoms with Crippen molar-refractivity contribution in [1.29, 1.82) is 0 Å². The lowest BCUT2D eigenvalue weighted by atomic mass is 10.1. The predicted molar refractivity (Wildman–Crippen MR) is 152 cm³/mol. The first-order valence-electron chi connectivity index (χ1n) is 13.0. The van der Waals surface area contributed by atoms with E-state index in [9.17, 15) is 4.39 Å². The van der Waals surface area contributed by atoms with Crippen molar-refractivity contribution in [1.82, 2.24) is 24.9 Å². The molecule has 4 heterocycles. The smallest absolute Gasteiger partial charge is 0.222 e. The monoisotopic (exact) mass is 552 g/mol. The molecular formula is C27H30F2N8OS. The molecule has 1 saturated heterocycles. The van der Waals surface area contributed by atoms with Gasteiger partial charge >= 0.3 is 0 Å². The molecule has 39 heavy (non-hydrogen) atoms. The number of fused-ring (bicyclic) bond motifs is 1. The summed E-state index contributed by atoms with van der Waals surface area (Å²) >= 11 is 1.27. The van der Waals surface area contributed by atoms with Crippen LogP contribution in [-0.2, 0) is 4.74 Å². The van der Waals surface area contributed by atoms with Gasteiger partial charge < -0.3 is 19.7 Å². The fraction of sp³-hybridized carbons (Fsp3) is 0.370. The molecule has 0 radical (unpaired) electrons. The largest absolute Gasteiger partial charge is 0.378 e. The van der Waals surface area contributed by atoms with Gasteiger partial charge in [0.1, 0.15) is 5.52 Å². The number of halogens is 2. The Kier molecular flexibility index (Phi) is 8.94. The topological polar surface area (TPSA) is 101 Å². The molecule has 9 nitrogen and oxygen atoms in total. The van der Waals surface area contributed by atoms with Gasteiger partial charge in [0, 0.05) is 43.3 Å². The summed E-state index contributed by atoms with van der Waals surface area (Å²) in [6, 6.07) is 8.71. The second-order valence-electron chi connectivity index (χ2n) is 8.92. The van der Waals surface area contributed by atoms with Crippen LogP contribution in [0.3, 0.4) is 0 Å². The lowest BCUT2D eigenvalue weighted by Crippen LogP contribution is -2.37. The highest BCUT2D eigenvalue weighted by atomic mass is 32.2. The van der Waals surface area contributed by atoms with Crippen LogP contribution in [0, 0.1) is 5.82 Å². The summed E-state index contributed by atoms with van der Waals surface area (Å²) in [5.41, 5.74) is 3.06. The maximum absolute atomic E-state index is 15.5. The first-order valence-corrected chi connectivity index (χ1v) is 14.0. The molecule has 0 amide bonds. The van der Waals surface area contributed by atoms with Crippen molar-refractivity contribution >= 4 is 40.4 Å². The molecule has 5 rings (SSSR count). The van der Waals surface area contributed by atoms with Crippen LogP contribution in [0.25, 0.3) is 33.7 Å². The molecule has 0 saturated carbocycles. The van der Waals surface area contributed by atoms with Gasteiger partial charge in [-0.15, -0.1) is 0 Å². The van der Waals surface area contributed by atoms with E-state index in [0.29, 0.717) is 89.6 Å². The predicted octanol–water partition coefficient (Wildman–Crippen LogP) is 5.37. The van der Waals surface area contributed by atoms with Crippen LogP contribution in [0.1, 0.15) is 19.8 Å². The van der Waals surface area contributed by atoms with Crippen molar-refractivity contribution in [2.24, 2.45) is 0 Å². The van der Waals surface area contributed by atoms with E-state index in [1.165, 1.54) is 11.9 Å². The Hall–Kier alpha value is -3.64. The van der Waals surface area contributed by atoms with Crippen LogP contribution < -0.4 is 14.9 Å². The van der Waals surface area contributed by atoms with Crippen molar-refractivity contribution in [3.63, 3.8) is 0 Å². The van der Waals surface area contributed by atoms with Gasteiger partial charge in [-0.25, -0.2) is 29.3 Å². The summed E-state index contributed by atoms with van der Waals surface area (Å²) in [6.07, 6.45) is 4.79. The van der Waals surface area contributed by atoms with Crippen molar-refractivity contribution < 1.29 is 13.5 Å². The normalized spacial score (nSPS) is 13.6. The summed E-state index contributed by atoms with van der Waals surface area (Å²) in [5, 5.41) is 3.17. The summed E-state index contributed by atoms with van der Waals surface area (Å²) in [5.74, 6) is 1.82. The molecule has 1 aliphatic rings. The van der Waals surface area contributed by atoms with Crippen molar-refractivity contribution in [3.8, 4) is 22.6 Å². The number of aromatic nitrogens is 5. The zero-order chi connectivity index (χ0) is 27.0. The number of anilines is 3. The van der Waals surface area contributed by atoms with E-state index in [-0.39, 0.29) is 0 Å². The van der Waals surface area contributed by atoms with E-state index >= 15 is 4.39 Å². The Balaban J connectivity index is 1.52. The maximum atomic E-state index is 15.5. The summed E-state index contributed by atoms with van der Waals surface area (Å²) in [4.78, 5) is 25.4. The molecule has 4 aromatic rings. The molecule has 3 aromatic heterocycles. The van der Waals surface area contributed by atoms with Gasteiger partial charge in [-0.3, -0.25) is 4.39 Å². The van der Waals surface area contributed by atoms with Gasteiger partial charge in [0.25, 0.3) is 0 Å². The van der Waals surface area contributed by atoms with E-state index in [4.69, 9.17) is 19.7 Å². The Morgan fingerprint density at radius 3 is 2.64 bits per heavy atom. The zero-order valence-corrected chi connectivity index (χ0v) is 22.5. The summed E-state index contributed by atoms with van der Waals surface area (Å²) < 4.78 is 36.4. The lowest BCUT2D eigenvalue weighted by molar-refractivity contribution is 0.122. The third kappa shape index (κ3) is 6.34. The number of morpholine rings is 1. The highest BCUT2D eigenvalue weighted by molar-refractivity contribution is 8.00. The Bertz CT molecular complexity index is 1400. The summed E-state index contributed by atoms with van der Waals surface area (Å²) in [7, 11) is 0. The highest BCUT2D eigenvalue weighted by Crippen LogP contribution is 2.32. The van der Waals surface area contributed by atoms with E-state index in [0.717, 1.165) is 13.0 Å². The number of nitrogens with zero attached hydrogens (tertiary/aromatic N) is 6. The first kappa shape index (κ1) is 26.9. The number of nitrogens with one attached hydrogen (secondary N) is 2. The van der Waals surface area contributed by atoms with Gasteiger partial charge in [0.15, 0.2) is 17.5 Å². The SMILES string of the molecule is CCCNc1ncc(-c2nc(N3CCOCC3)c3nc(-c4cccc(NSCCCF)c4F)ccc3n2)cn1. The molecule has 1 aromatic carbocycles. The number of rotatable bonds is 11. The molecule has 0 atom stereocenters. The van der Waals surface area contributed by atoms with E-state index in [2.05, 4.69) is 31.8 Å². The van der Waals surface area contributed by atoms with Crippen LogP contribution in [0.4, 0.5) is 26.2 Å². The number of benzene rings is 1. The van der Waals surface area contributed by atoms with Gasteiger partial charge in [0.05, 0.1) is 42.3 Å². The number of pyridine rings is 1. The Labute approximate surface area is 230 Å². The molecule has 0 unspecified atom stereocenters. The van der Waals surface area contributed by atoms with Crippen LogP contribution >= 0.6 is 11.9 Å². The van der Waals surface area contributed by atoms with E-state index < -0.39 is 12.5 Å². The second-order valence-corrected chi connectivity index (χ2v) is 9.82. The zero-order valence-electron chi connectivity index (χ0n) is 21.7. The molecular weight excluding hydrogens is 522 g/mol. The number of hydrogen-bond donors (Lipinski definition) is 2. The maximum Gasteiger partial charge on any atom is 0.222 e. The lowest BCUT2D eigenvalue weighted by Gasteiger charge is -2.28. The van der Waals surface area contributed by atoms with Crippen molar-refractivity contribution in [2.75, 3.05) is 60.2 Å². The minimum absolute atomic E-state index is 0.329. The second kappa shape index (κ2) is 12.9. The molecule has 2 N–H and O–H groups in total. The van der Waals surface area contributed by atoms with E-state index in [1.54, 1.807) is 36.7 Å². The molecule has 1 aliphatic heterocycles. The average Bonchev–Trinajstić information content (AvgIpc) is 2.99. The van der Waals surface area contributed by atoms with Crippen LogP contribution in [0.2, 0.25) is 0 Å². The molecule has 204 valence electrons. The van der Waals surface area contributed by atoms with Crippen LogP contribution in [-0.4, -0.2) is 70.2 Å². The third-order valence-electron chi connectivity index (χ3n) is 6.11. The fourth-order valence-electron chi connectivity index (χ4n) is 4.11. The van der Waals surface area contributed by atoms with Gasteiger partial charge in [0.2, 0.25) is 5.95 Å².